The summed E-state index contributed by atoms with van der Waals surface area (Å²) in [5.41, 5.74) is 3.50. The second kappa shape index (κ2) is 9.26. The summed E-state index contributed by atoms with van der Waals surface area (Å²) < 4.78 is 28.0. The zero-order chi connectivity index (χ0) is 21.7. The van der Waals surface area contributed by atoms with E-state index >= 15 is 0 Å². The number of benzene rings is 3. The number of rotatable bonds is 7. The Bertz CT molecular complexity index is 1120. The normalized spacial score (nSPS) is 11.3. The lowest BCUT2D eigenvalue weighted by Crippen LogP contribution is -2.37. The first kappa shape index (κ1) is 21.8. The molecule has 3 aromatic carbocycles. The van der Waals surface area contributed by atoms with E-state index in [2.05, 4.69) is 6.92 Å². The van der Waals surface area contributed by atoms with Crippen LogP contribution in [0.2, 0.25) is 0 Å². The van der Waals surface area contributed by atoms with Gasteiger partial charge in [-0.1, -0.05) is 61.4 Å². The first-order chi connectivity index (χ1) is 14.3. The summed E-state index contributed by atoms with van der Waals surface area (Å²) in [5, 5.41) is 0. The van der Waals surface area contributed by atoms with Gasteiger partial charge in [-0.25, -0.2) is 8.42 Å². The second-order valence-electron chi connectivity index (χ2n) is 7.47. The van der Waals surface area contributed by atoms with Crippen molar-refractivity contribution in [2.24, 2.45) is 0 Å². The molecule has 5 heteroatoms. The van der Waals surface area contributed by atoms with Crippen LogP contribution in [-0.2, 0) is 16.4 Å². The highest BCUT2D eigenvalue weighted by Crippen LogP contribution is 2.27. The summed E-state index contributed by atoms with van der Waals surface area (Å²) in [6.07, 6.45) is 3.07. The Labute approximate surface area is 179 Å². The minimum Gasteiger partial charge on any atom is -0.268 e. The summed E-state index contributed by atoms with van der Waals surface area (Å²) in [5.74, 6) is -0.560. The first-order valence-electron chi connectivity index (χ1n) is 10.2. The van der Waals surface area contributed by atoms with Crippen LogP contribution >= 0.6 is 0 Å². The van der Waals surface area contributed by atoms with Crippen molar-refractivity contribution in [3.05, 3.63) is 95.1 Å². The number of anilines is 1. The Kier molecular flexibility index (Phi) is 6.73. The van der Waals surface area contributed by atoms with Crippen molar-refractivity contribution in [3.63, 3.8) is 0 Å². The maximum absolute atomic E-state index is 13.5. The molecule has 0 aliphatic rings. The summed E-state index contributed by atoms with van der Waals surface area (Å²) >= 11 is 0. The zero-order valence-corrected chi connectivity index (χ0v) is 18.4. The van der Waals surface area contributed by atoms with E-state index in [1.165, 1.54) is 0 Å². The molecule has 0 heterocycles. The highest BCUT2D eigenvalue weighted by Gasteiger charge is 2.32. The fourth-order valence-electron chi connectivity index (χ4n) is 3.28. The molecule has 0 aliphatic carbocycles. The predicted octanol–water partition coefficient (Wildman–Crippen LogP) is 5.68. The van der Waals surface area contributed by atoms with Crippen LogP contribution in [0.3, 0.4) is 0 Å². The molecule has 1 amide bonds. The van der Waals surface area contributed by atoms with Crippen LogP contribution in [0, 0.1) is 13.8 Å². The number of sulfonamides is 1. The molecule has 0 N–H and O–H groups in total. The van der Waals surface area contributed by atoms with Gasteiger partial charge in [0.05, 0.1) is 10.6 Å². The third-order valence-corrected chi connectivity index (χ3v) is 6.83. The fourth-order valence-corrected chi connectivity index (χ4v) is 4.69. The van der Waals surface area contributed by atoms with Gasteiger partial charge in [0.1, 0.15) is 0 Å². The van der Waals surface area contributed by atoms with Crippen molar-refractivity contribution in [3.8, 4) is 0 Å². The van der Waals surface area contributed by atoms with Crippen LogP contribution in [0.5, 0.6) is 0 Å². The molecular formula is C25H27NO3S. The molecule has 4 nitrogen and oxygen atoms in total. The lowest BCUT2D eigenvalue weighted by molar-refractivity contribution is 0.100. The van der Waals surface area contributed by atoms with Crippen molar-refractivity contribution in [2.75, 3.05) is 4.31 Å². The molecule has 0 radical (unpaired) electrons. The standard InChI is InChI=1S/C25H27NO3S/c1-4-5-9-21-13-15-22(16-14-21)26(25(27)24-10-7-6-8-20(24)3)30(28,29)23-17-11-19(2)12-18-23/h6-8,10-18H,4-5,9H2,1-3H3. The smallest absolute Gasteiger partial charge is 0.268 e. The molecule has 0 aromatic heterocycles. The number of hydrogen-bond acceptors (Lipinski definition) is 3. The molecule has 30 heavy (non-hydrogen) atoms. The van der Waals surface area contributed by atoms with Crippen LogP contribution in [0.15, 0.2) is 77.7 Å². The minimum absolute atomic E-state index is 0.0880. The second-order valence-corrected chi connectivity index (χ2v) is 9.26. The highest BCUT2D eigenvalue weighted by molar-refractivity contribution is 7.93. The predicted molar refractivity (Wildman–Crippen MR) is 121 cm³/mol. The van der Waals surface area contributed by atoms with Gasteiger partial charge in [0.15, 0.2) is 0 Å². The van der Waals surface area contributed by atoms with E-state index in [9.17, 15) is 13.2 Å². The quantitative estimate of drug-likeness (QED) is 0.493. The molecule has 156 valence electrons. The summed E-state index contributed by atoms with van der Waals surface area (Å²) in [6, 6.07) is 20.8. The molecule has 0 aliphatic heterocycles. The Hall–Kier alpha value is -2.92. The topological polar surface area (TPSA) is 54.5 Å². The minimum atomic E-state index is -4.08. The number of hydrogen-bond donors (Lipinski definition) is 0. The van der Waals surface area contributed by atoms with Crippen molar-refractivity contribution in [1.29, 1.82) is 0 Å². The Morgan fingerprint density at radius 3 is 2.10 bits per heavy atom. The van der Waals surface area contributed by atoms with E-state index in [0.717, 1.165) is 40.3 Å². The lowest BCUT2D eigenvalue weighted by atomic mass is 10.1. The van der Waals surface area contributed by atoms with Gasteiger partial charge in [-0.3, -0.25) is 4.79 Å². The molecule has 3 aromatic rings. The van der Waals surface area contributed by atoms with Crippen LogP contribution in [0.1, 0.15) is 46.8 Å². The molecule has 0 bridgehead atoms. The molecule has 0 unspecified atom stereocenters. The van der Waals surface area contributed by atoms with Gasteiger partial charge >= 0.3 is 0 Å². The van der Waals surface area contributed by atoms with Crippen molar-refractivity contribution in [2.45, 2.75) is 44.9 Å². The molecule has 3 rings (SSSR count). The molecule has 0 atom stereocenters. The first-order valence-corrected chi connectivity index (χ1v) is 11.6. The summed E-state index contributed by atoms with van der Waals surface area (Å²) in [6.45, 7) is 5.82. The van der Waals surface area contributed by atoms with Gasteiger partial charge < -0.3 is 0 Å². The largest absolute Gasteiger partial charge is 0.272 e. The van der Waals surface area contributed by atoms with E-state index < -0.39 is 15.9 Å². The van der Waals surface area contributed by atoms with E-state index in [-0.39, 0.29) is 4.90 Å². The van der Waals surface area contributed by atoms with Gasteiger partial charge in [0.25, 0.3) is 15.9 Å². The molecule has 0 saturated heterocycles. The van der Waals surface area contributed by atoms with Gasteiger partial charge in [-0.15, -0.1) is 0 Å². The molecular weight excluding hydrogens is 394 g/mol. The number of unbranched alkanes of at least 4 members (excludes halogenated alkanes) is 1. The van der Waals surface area contributed by atoms with Crippen molar-refractivity contribution >= 4 is 21.6 Å². The maximum atomic E-state index is 13.5. The van der Waals surface area contributed by atoms with Gasteiger partial charge in [0, 0.05) is 5.56 Å². The van der Waals surface area contributed by atoms with Crippen molar-refractivity contribution < 1.29 is 13.2 Å². The van der Waals surface area contributed by atoms with Gasteiger partial charge in [-0.05, 0) is 68.1 Å². The molecule has 0 spiro atoms. The van der Waals surface area contributed by atoms with Gasteiger partial charge in [-0.2, -0.15) is 4.31 Å². The number of aryl methyl sites for hydroxylation is 3. The average Bonchev–Trinajstić information content (AvgIpc) is 2.73. The highest BCUT2D eigenvalue weighted by atomic mass is 32.2. The van der Waals surface area contributed by atoms with E-state index in [1.807, 2.05) is 25.1 Å². The lowest BCUT2D eigenvalue weighted by Gasteiger charge is -2.24. The van der Waals surface area contributed by atoms with Crippen LogP contribution < -0.4 is 4.31 Å². The van der Waals surface area contributed by atoms with E-state index in [4.69, 9.17) is 0 Å². The number of nitrogens with zero attached hydrogens (tertiary/aromatic N) is 1. The fraction of sp³-hybridized carbons (Fsp3) is 0.240. The molecule has 0 fully saturated rings. The monoisotopic (exact) mass is 421 g/mol. The van der Waals surface area contributed by atoms with E-state index in [0.29, 0.717) is 11.3 Å². The summed E-state index contributed by atoms with van der Waals surface area (Å²) in [7, 11) is -4.08. The maximum Gasteiger partial charge on any atom is 0.272 e. The summed E-state index contributed by atoms with van der Waals surface area (Å²) in [4.78, 5) is 13.5. The zero-order valence-electron chi connectivity index (χ0n) is 17.6. The Morgan fingerprint density at radius 1 is 0.867 bits per heavy atom. The Balaban J connectivity index is 2.10. The van der Waals surface area contributed by atoms with Crippen LogP contribution in [0.4, 0.5) is 5.69 Å². The molecule has 0 saturated carbocycles. The van der Waals surface area contributed by atoms with Crippen molar-refractivity contribution in [1.82, 2.24) is 0 Å². The SMILES string of the molecule is CCCCc1ccc(N(C(=O)c2ccccc2C)S(=O)(=O)c2ccc(C)cc2)cc1. The average molecular weight is 422 g/mol. The number of carbonyl (C=O) groups excluding carboxylic acids is 1. The van der Waals surface area contributed by atoms with Gasteiger partial charge in [0.2, 0.25) is 0 Å². The third-order valence-electron chi connectivity index (χ3n) is 5.11. The third kappa shape index (κ3) is 4.62. The number of carbonyl (C=O) groups is 1. The van der Waals surface area contributed by atoms with Crippen LogP contribution in [0.25, 0.3) is 0 Å². The Morgan fingerprint density at radius 2 is 1.50 bits per heavy atom. The van der Waals surface area contributed by atoms with E-state index in [1.54, 1.807) is 61.5 Å². The number of amides is 1. The van der Waals surface area contributed by atoms with Crippen LogP contribution in [-0.4, -0.2) is 14.3 Å².